The second-order valence-corrected chi connectivity index (χ2v) is 8.89. The maximum atomic E-state index is 12.0. The number of hydrogen-bond acceptors (Lipinski definition) is 9. The monoisotopic (exact) mass is 466 g/mol. The van der Waals surface area contributed by atoms with Crippen molar-refractivity contribution in [3.05, 3.63) is 58.4 Å². The van der Waals surface area contributed by atoms with Gasteiger partial charge in [0.25, 0.3) is 0 Å². The second-order valence-electron chi connectivity index (χ2n) is 8.89. The van der Waals surface area contributed by atoms with Gasteiger partial charge in [-0.05, 0) is 24.1 Å². The number of nitrogens with zero attached hydrogens (tertiary/aromatic N) is 4. The number of aliphatic hydroxyl groups is 2. The van der Waals surface area contributed by atoms with Crippen LogP contribution in [0.5, 0.6) is 5.75 Å². The maximum absolute atomic E-state index is 12.0. The first-order chi connectivity index (χ1) is 16.4. The third-order valence-corrected chi connectivity index (χ3v) is 6.45. The highest BCUT2D eigenvalue weighted by Gasteiger charge is 2.26. The minimum absolute atomic E-state index is 0.156. The Balaban J connectivity index is 1.29. The normalized spacial score (nSPS) is 20.7. The molecule has 0 bridgehead atoms. The molecule has 180 valence electrons. The molecule has 9 nitrogen and oxygen atoms in total. The standard InChI is InChI=1S/C25H30N4O5/c1-16-9-18-10-17(3-4-20(18)25(32)34-16)22(30)14-28-5-7-29(8-6-28)15-23(31)21-11-24(33-2)19(12-26)13-27-21/h3-4,10-11,13,16,22-23,30-31H,5-9,14-15H2,1-2H3/t16-,22?,23?/m0/s1. The molecule has 3 atom stereocenters. The summed E-state index contributed by atoms with van der Waals surface area (Å²) in [5, 5.41) is 30.5. The summed E-state index contributed by atoms with van der Waals surface area (Å²) in [7, 11) is 1.48. The third-order valence-electron chi connectivity index (χ3n) is 6.45. The lowest BCUT2D eigenvalue weighted by Gasteiger charge is -2.36. The number of piperazine rings is 1. The lowest BCUT2D eigenvalue weighted by atomic mass is 9.95. The van der Waals surface area contributed by atoms with Crippen molar-refractivity contribution in [2.45, 2.75) is 31.7 Å². The van der Waals surface area contributed by atoms with Crippen LogP contribution in [-0.2, 0) is 11.2 Å². The number of pyridine rings is 1. The number of carbonyl (C=O) groups excluding carboxylic acids is 1. The highest BCUT2D eigenvalue weighted by Crippen LogP contribution is 2.26. The van der Waals surface area contributed by atoms with Crippen LogP contribution in [0.2, 0.25) is 0 Å². The molecule has 2 aliphatic rings. The summed E-state index contributed by atoms with van der Waals surface area (Å²) in [6, 6.07) is 9.09. The Morgan fingerprint density at radius 2 is 1.85 bits per heavy atom. The van der Waals surface area contributed by atoms with E-state index >= 15 is 0 Å². The molecule has 1 fully saturated rings. The average Bonchev–Trinajstić information content (AvgIpc) is 2.84. The minimum atomic E-state index is -0.789. The van der Waals surface area contributed by atoms with Crippen LogP contribution < -0.4 is 4.74 Å². The molecule has 0 radical (unpaired) electrons. The number of esters is 1. The van der Waals surface area contributed by atoms with Crippen LogP contribution in [0.1, 0.15) is 51.9 Å². The van der Waals surface area contributed by atoms with Crippen LogP contribution in [-0.4, -0.2) is 83.4 Å². The number of rotatable bonds is 7. The van der Waals surface area contributed by atoms with Crippen molar-refractivity contribution < 1.29 is 24.5 Å². The highest BCUT2D eigenvalue weighted by atomic mass is 16.5. The first kappa shape index (κ1) is 24.1. The molecule has 2 N–H and O–H groups in total. The van der Waals surface area contributed by atoms with Gasteiger partial charge in [0.2, 0.25) is 0 Å². The van der Waals surface area contributed by atoms with Crippen LogP contribution in [0.15, 0.2) is 30.5 Å². The molecule has 4 rings (SSSR count). The summed E-state index contributed by atoms with van der Waals surface area (Å²) < 4.78 is 10.5. The number of cyclic esters (lactones) is 1. The van der Waals surface area contributed by atoms with E-state index in [-0.39, 0.29) is 12.1 Å². The number of methoxy groups -OCH3 is 1. The number of ether oxygens (including phenoxy) is 2. The number of aliphatic hydroxyl groups excluding tert-OH is 2. The van der Waals surface area contributed by atoms with Gasteiger partial charge < -0.3 is 19.7 Å². The van der Waals surface area contributed by atoms with Crippen molar-refractivity contribution in [1.29, 1.82) is 5.26 Å². The molecule has 0 spiro atoms. The summed E-state index contributed by atoms with van der Waals surface area (Å²) in [5.74, 6) is 0.0987. The van der Waals surface area contributed by atoms with Crippen molar-refractivity contribution in [2.24, 2.45) is 0 Å². The van der Waals surface area contributed by atoms with Gasteiger partial charge in [0.15, 0.2) is 0 Å². The molecule has 1 aromatic carbocycles. The Kier molecular flexibility index (Phi) is 7.44. The van der Waals surface area contributed by atoms with Crippen LogP contribution in [0.3, 0.4) is 0 Å². The molecule has 2 unspecified atom stereocenters. The van der Waals surface area contributed by atoms with E-state index in [1.54, 1.807) is 18.2 Å². The van der Waals surface area contributed by atoms with Crippen molar-refractivity contribution >= 4 is 5.97 Å². The summed E-state index contributed by atoms with van der Waals surface area (Å²) in [5.41, 5.74) is 3.11. The number of carbonyl (C=O) groups is 1. The van der Waals surface area contributed by atoms with E-state index < -0.39 is 12.2 Å². The van der Waals surface area contributed by atoms with Gasteiger partial charge in [0, 0.05) is 58.0 Å². The summed E-state index contributed by atoms with van der Waals surface area (Å²) in [6.45, 7) is 5.84. The first-order valence-electron chi connectivity index (χ1n) is 11.5. The fraction of sp³-hybridized carbons (Fsp3) is 0.480. The average molecular weight is 467 g/mol. The van der Waals surface area contributed by atoms with Gasteiger partial charge in [-0.25, -0.2) is 4.79 Å². The van der Waals surface area contributed by atoms with E-state index in [1.807, 2.05) is 19.1 Å². The van der Waals surface area contributed by atoms with Gasteiger partial charge in [0.1, 0.15) is 29.6 Å². The maximum Gasteiger partial charge on any atom is 0.338 e. The minimum Gasteiger partial charge on any atom is -0.495 e. The molecule has 0 saturated carbocycles. The zero-order valence-corrected chi connectivity index (χ0v) is 19.5. The molecule has 2 aromatic rings. The molecule has 2 aliphatic heterocycles. The van der Waals surface area contributed by atoms with Crippen molar-refractivity contribution in [2.75, 3.05) is 46.4 Å². The fourth-order valence-electron chi connectivity index (χ4n) is 4.52. The van der Waals surface area contributed by atoms with Gasteiger partial charge in [-0.15, -0.1) is 0 Å². The molecule has 0 amide bonds. The highest BCUT2D eigenvalue weighted by molar-refractivity contribution is 5.92. The number of hydrogen-bond donors (Lipinski definition) is 2. The van der Waals surface area contributed by atoms with E-state index in [4.69, 9.17) is 14.7 Å². The number of nitriles is 1. The van der Waals surface area contributed by atoms with Crippen LogP contribution >= 0.6 is 0 Å². The predicted molar refractivity (Wildman–Crippen MR) is 123 cm³/mol. The molecular formula is C25H30N4O5. The zero-order valence-electron chi connectivity index (χ0n) is 19.5. The molecular weight excluding hydrogens is 436 g/mol. The van der Waals surface area contributed by atoms with E-state index in [0.717, 1.165) is 37.3 Å². The molecule has 34 heavy (non-hydrogen) atoms. The first-order valence-corrected chi connectivity index (χ1v) is 11.5. The topological polar surface area (TPSA) is 119 Å². The Morgan fingerprint density at radius 3 is 2.50 bits per heavy atom. The van der Waals surface area contributed by atoms with Gasteiger partial charge in [0.05, 0.1) is 24.5 Å². The quantitative estimate of drug-likeness (QED) is 0.584. The Hall–Kier alpha value is -3.03. The molecule has 9 heteroatoms. The molecule has 1 saturated heterocycles. The molecule has 0 aliphatic carbocycles. The van der Waals surface area contributed by atoms with Gasteiger partial charge >= 0.3 is 5.97 Å². The second kappa shape index (κ2) is 10.5. The number of fused-ring (bicyclic) bond motifs is 1. The Labute approximate surface area is 199 Å². The van der Waals surface area contributed by atoms with E-state index in [1.165, 1.54) is 13.3 Å². The summed E-state index contributed by atoms with van der Waals surface area (Å²) >= 11 is 0. The van der Waals surface area contributed by atoms with Crippen molar-refractivity contribution in [3.63, 3.8) is 0 Å². The Morgan fingerprint density at radius 1 is 1.18 bits per heavy atom. The van der Waals surface area contributed by atoms with E-state index in [0.29, 0.717) is 42.1 Å². The predicted octanol–water partition coefficient (Wildman–Crippen LogP) is 1.45. The number of aromatic nitrogens is 1. The lowest BCUT2D eigenvalue weighted by molar-refractivity contribution is 0.0299. The van der Waals surface area contributed by atoms with Gasteiger partial charge in [-0.3, -0.25) is 14.8 Å². The lowest BCUT2D eigenvalue weighted by Crippen LogP contribution is -2.48. The fourth-order valence-corrected chi connectivity index (χ4v) is 4.52. The van der Waals surface area contributed by atoms with Crippen LogP contribution in [0.25, 0.3) is 0 Å². The SMILES string of the molecule is COc1cc(C(O)CN2CCN(CC(O)c3ccc4c(c3)C[C@H](C)OC4=O)CC2)ncc1C#N. The van der Waals surface area contributed by atoms with Gasteiger partial charge in [-0.2, -0.15) is 5.26 Å². The zero-order chi connectivity index (χ0) is 24.2. The van der Waals surface area contributed by atoms with E-state index in [2.05, 4.69) is 14.8 Å². The smallest absolute Gasteiger partial charge is 0.338 e. The number of β-amino-alcohol motifs (C(OH)–C–C–N with tert-alkyl or cyclic N) is 2. The number of benzene rings is 1. The van der Waals surface area contributed by atoms with Crippen molar-refractivity contribution in [1.82, 2.24) is 14.8 Å². The largest absolute Gasteiger partial charge is 0.495 e. The molecule has 3 heterocycles. The van der Waals surface area contributed by atoms with Crippen LogP contribution in [0.4, 0.5) is 0 Å². The molecule has 1 aromatic heterocycles. The third kappa shape index (κ3) is 5.37. The Bertz CT molecular complexity index is 1080. The van der Waals surface area contributed by atoms with Crippen molar-refractivity contribution in [3.8, 4) is 11.8 Å². The van der Waals surface area contributed by atoms with Gasteiger partial charge in [-0.1, -0.05) is 12.1 Å². The summed E-state index contributed by atoms with van der Waals surface area (Å²) in [6.07, 6.45) is 0.481. The van der Waals surface area contributed by atoms with Crippen LogP contribution in [0, 0.1) is 11.3 Å². The summed E-state index contributed by atoms with van der Waals surface area (Å²) in [4.78, 5) is 20.6. The van der Waals surface area contributed by atoms with E-state index in [9.17, 15) is 15.0 Å².